The van der Waals surface area contributed by atoms with Crippen LogP contribution in [0.15, 0.2) is 0 Å². The van der Waals surface area contributed by atoms with Gasteiger partial charge >= 0.3 is 0 Å². The standard InChI is InChI=1S/C13H24N2O3/c1-9(8-16)14-11(17)10-6-5-7-15(10)12(18)13(2,3)4/h9-10,16H,5-8H2,1-4H3,(H,14,17)/t9-,10?/m1/s1. The van der Waals surface area contributed by atoms with E-state index in [-0.39, 0.29) is 30.5 Å². The van der Waals surface area contributed by atoms with Gasteiger partial charge in [-0.25, -0.2) is 0 Å². The molecule has 1 saturated heterocycles. The number of amides is 2. The minimum absolute atomic E-state index is 0.0109. The lowest BCUT2D eigenvalue weighted by Crippen LogP contribution is -2.51. The van der Waals surface area contributed by atoms with E-state index < -0.39 is 5.41 Å². The van der Waals surface area contributed by atoms with Crippen molar-refractivity contribution in [3.05, 3.63) is 0 Å². The van der Waals surface area contributed by atoms with E-state index in [2.05, 4.69) is 5.32 Å². The Balaban J connectivity index is 2.71. The van der Waals surface area contributed by atoms with E-state index in [0.29, 0.717) is 13.0 Å². The van der Waals surface area contributed by atoms with Gasteiger partial charge in [0.2, 0.25) is 11.8 Å². The van der Waals surface area contributed by atoms with E-state index in [1.54, 1.807) is 11.8 Å². The number of carbonyl (C=O) groups excluding carboxylic acids is 2. The molecule has 1 aliphatic rings. The molecule has 2 N–H and O–H groups in total. The Morgan fingerprint density at radius 1 is 1.44 bits per heavy atom. The Bertz CT molecular complexity index is 323. The Labute approximate surface area is 109 Å². The summed E-state index contributed by atoms with van der Waals surface area (Å²) in [6.07, 6.45) is 1.55. The largest absolute Gasteiger partial charge is 0.394 e. The fraction of sp³-hybridized carbons (Fsp3) is 0.846. The summed E-state index contributed by atoms with van der Waals surface area (Å²) in [6.45, 7) is 7.87. The van der Waals surface area contributed by atoms with Crippen molar-refractivity contribution in [1.82, 2.24) is 10.2 Å². The van der Waals surface area contributed by atoms with Crippen LogP contribution in [-0.2, 0) is 9.59 Å². The molecule has 0 aliphatic carbocycles. The van der Waals surface area contributed by atoms with Crippen LogP contribution in [0.2, 0.25) is 0 Å². The van der Waals surface area contributed by atoms with Crippen LogP contribution in [-0.4, -0.2) is 47.1 Å². The molecule has 5 heteroatoms. The van der Waals surface area contributed by atoms with Gasteiger partial charge in [-0.1, -0.05) is 20.8 Å². The second kappa shape index (κ2) is 5.69. The molecule has 18 heavy (non-hydrogen) atoms. The molecule has 0 aromatic rings. The van der Waals surface area contributed by atoms with Gasteiger partial charge in [0.1, 0.15) is 6.04 Å². The first-order valence-electron chi connectivity index (χ1n) is 6.49. The molecule has 0 saturated carbocycles. The number of rotatable bonds is 3. The first kappa shape index (κ1) is 15.0. The molecular weight excluding hydrogens is 232 g/mol. The maximum atomic E-state index is 12.2. The lowest BCUT2D eigenvalue weighted by atomic mass is 9.94. The smallest absolute Gasteiger partial charge is 0.243 e. The van der Waals surface area contributed by atoms with E-state index in [9.17, 15) is 9.59 Å². The lowest BCUT2D eigenvalue weighted by Gasteiger charge is -2.30. The highest BCUT2D eigenvalue weighted by atomic mass is 16.3. The highest BCUT2D eigenvalue weighted by Gasteiger charge is 2.38. The van der Waals surface area contributed by atoms with Crippen molar-refractivity contribution in [2.45, 2.75) is 52.6 Å². The Hall–Kier alpha value is -1.10. The summed E-state index contributed by atoms with van der Waals surface area (Å²) >= 11 is 0. The number of hydrogen-bond acceptors (Lipinski definition) is 3. The highest BCUT2D eigenvalue weighted by Crippen LogP contribution is 2.25. The van der Waals surface area contributed by atoms with E-state index in [1.807, 2.05) is 20.8 Å². The van der Waals surface area contributed by atoms with E-state index >= 15 is 0 Å². The van der Waals surface area contributed by atoms with Crippen LogP contribution in [0.5, 0.6) is 0 Å². The second-order valence-electron chi connectivity index (χ2n) is 6.00. The quantitative estimate of drug-likeness (QED) is 0.773. The highest BCUT2D eigenvalue weighted by molar-refractivity contribution is 5.90. The monoisotopic (exact) mass is 256 g/mol. The Morgan fingerprint density at radius 2 is 2.06 bits per heavy atom. The molecule has 0 aromatic heterocycles. The molecule has 0 bridgehead atoms. The van der Waals surface area contributed by atoms with Crippen LogP contribution in [0.4, 0.5) is 0 Å². The van der Waals surface area contributed by atoms with Crippen LogP contribution in [0.1, 0.15) is 40.5 Å². The fourth-order valence-corrected chi connectivity index (χ4v) is 2.10. The van der Waals surface area contributed by atoms with Crippen LogP contribution >= 0.6 is 0 Å². The van der Waals surface area contributed by atoms with Gasteiger partial charge in [0.15, 0.2) is 0 Å². The number of aliphatic hydroxyl groups excluding tert-OH is 1. The molecule has 1 rings (SSSR count). The molecule has 1 heterocycles. The first-order chi connectivity index (χ1) is 8.27. The molecule has 0 radical (unpaired) electrons. The van der Waals surface area contributed by atoms with Gasteiger partial charge < -0.3 is 15.3 Å². The fourth-order valence-electron chi connectivity index (χ4n) is 2.10. The van der Waals surface area contributed by atoms with Crippen molar-refractivity contribution in [2.75, 3.05) is 13.2 Å². The summed E-state index contributed by atoms with van der Waals surface area (Å²) in [7, 11) is 0. The van der Waals surface area contributed by atoms with Crippen molar-refractivity contribution < 1.29 is 14.7 Å². The normalized spacial score (nSPS) is 21.8. The SMILES string of the molecule is C[C@H](CO)NC(=O)C1CCCN1C(=O)C(C)(C)C. The van der Waals surface area contributed by atoms with E-state index in [0.717, 1.165) is 6.42 Å². The van der Waals surface area contributed by atoms with Crippen molar-refractivity contribution in [3.63, 3.8) is 0 Å². The van der Waals surface area contributed by atoms with Gasteiger partial charge in [0, 0.05) is 18.0 Å². The molecule has 0 aromatic carbocycles. The number of hydrogen-bond donors (Lipinski definition) is 2. The molecule has 104 valence electrons. The molecule has 5 nitrogen and oxygen atoms in total. The zero-order chi connectivity index (χ0) is 13.9. The lowest BCUT2D eigenvalue weighted by molar-refractivity contribution is -0.144. The molecule has 0 spiro atoms. The maximum Gasteiger partial charge on any atom is 0.243 e. The van der Waals surface area contributed by atoms with Gasteiger partial charge in [-0.3, -0.25) is 9.59 Å². The van der Waals surface area contributed by atoms with Crippen molar-refractivity contribution in [2.24, 2.45) is 5.41 Å². The van der Waals surface area contributed by atoms with Crippen molar-refractivity contribution in [3.8, 4) is 0 Å². The zero-order valence-electron chi connectivity index (χ0n) is 11.7. The first-order valence-corrected chi connectivity index (χ1v) is 6.49. The van der Waals surface area contributed by atoms with Crippen LogP contribution in [0.3, 0.4) is 0 Å². The van der Waals surface area contributed by atoms with Gasteiger partial charge in [-0.15, -0.1) is 0 Å². The van der Waals surface area contributed by atoms with E-state index in [1.165, 1.54) is 0 Å². The number of aliphatic hydroxyl groups is 1. The molecule has 2 amide bonds. The van der Waals surface area contributed by atoms with Crippen LogP contribution in [0.25, 0.3) is 0 Å². The number of carbonyl (C=O) groups is 2. The van der Waals surface area contributed by atoms with Gasteiger partial charge in [0.25, 0.3) is 0 Å². The topological polar surface area (TPSA) is 69.6 Å². The zero-order valence-corrected chi connectivity index (χ0v) is 11.7. The number of nitrogens with one attached hydrogen (secondary N) is 1. The average Bonchev–Trinajstić information content (AvgIpc) is 2.75. The maximum absolute atomic E-state index is 12.2. The minimum atomic E-state index is -0.467. The van der Waals surface area contributed by atoms with E-state index in [4.69, 9.17) is 5.11 Å². The molecular formula is C13H24N2O3. The summed E-state index contributed by atoms with van der Waals surface area (Å²) in [5.41, 5.74) is -0.467. The van der Waals surface area contributed by atoms with Crippen LogP contribution in [0, 0.1) is 5.41 Å². The van der Waals surface area contributed by atoms with Gasteiger partial charge in [0.05, 0.1) is 6.61 Å². The molecule has 1 unspecified atom stereocenters. The summed E-state index contributed by atoms with van der Waals surface area (Å²) in [4.78, 5) is 25.9. The summed E-state index contributed by atoms with van der Waals surface area (Å²) < 4.78 is 0. The Morgan fingerprint density at radius 3 is 2.56 bits per heavy atom. The predicted molar refractivity (Wildman–Crippen MR) is 68.9 cm³/mol. The summed E-state index contributed by atoms with van der Waals surface area (Å²) in [6, 6.07) is -0.657. The third-order valence-electron chi connectivity index (χ3n) is 3.12. The number of nitrogens with zero attached hydrogens (tertiary/aromatic N) is 1. The molecule has 2 atom stereocenters. The second-order valence-corrected chi connectivity index (χ2v) is 6.00. The van der Waals surface area contributed by atoms with Crippen molar-refractivity contribution >= 4 is 11.8 Å². The molecule has 1 fully saturated rings. The van der Waals surface area contributed by atoms with Gasteiger partial charge in [-0.05, 0) is 19.8 Å². The molecule has 1 aliphatic heterocycles. The summed E-state index contributed by atoms with van der Waals surface area (Å²) in [5, 5.41) is 11.7. The number of likely N-dealkylation sites (tertiary alicyclic amines) is 1. The summed E-state index contributed by atoms with van der Waals surface area (Å²) in [5.74, 6) is -0.150. The average molecular weight is 256 g/mol. The van der Waals surface area contributed by atoms with Crippen LogP contribution < -0.4 is 5.32 Å². The van der Waals surface area contributed by atoms with Crippen molar-refractivity contribution in [1.29, 1.82) is 0 Å². The third-order valence-corrected chi connectivity index (χ3v) is 3.12. The predicted octanol–water partition coefficient (Wildman–Crippen LogP) is 0.520. The third kappa shape index (κ3) is 3.45. The van der Waals surface area contributed by atoms with Gasteiger partial charge in [-0.2, -0.15) is 0 Å². The minimum Gasteiger partial charge on any atom is -0.394 e. The Kier molecular flexibility index (Phi) is 4.73.